The summed E-state index contributed by atoms with van der Waals surface area (Å²) in [5.41, 5.74) is -1.53. The first kappa shape index (κ1) is 23.6. The van der Waals surface area contributed by atoms with Crippen LogP contribution in [0.15, 0.2) is 63.2 Å². The Bertz CT molecular complexity index is 1120. The third kappa shape index (κ3) is 5.49. The molecule has 0 atom stereocenters. The van der Waals surface area contributed by atoms with E-state index in [4.69, 9.17) is 0 Å². The number of sulfonamides is 1. The number of methoxy groups -OCH3 is 1. The summed E-state index contributed by atoms with van der Waals surface area (Å²) in [6, 6.07) is 8.42. The van der Waals surface area contributed by atoms with Gasteiger partial charge in [-0.05, 0) is 30.3 Å². The van der Waals surface area contributed by atoms with Crippen molar-refractivity contribution in [3.63, 3.8) is 0 Å². The zero-order valence-corrected chi connectivity index (χ0v) is 17.1. The summed E-state index contributed by atoms with van der Waals surface area (Å²) in [5.74, 6) is 0. The summed E-state index contributed by atoms with van der Waals surface area (Å²) in [7, 11) is -7.95. The molecule has 0 bridgehead atoms. The first-order valence-corrected chi connectivity index (χ1v) is 11.2. The van der Waals surface area contributed by atoms with E-state index in [0.29, 0.717) is 18.2 Å². The van der Waals surface area contributed by atoms with E-state index in [1.54, 1.807) is 6.07 Å². The molecule has 0 fully saturated rings. The van der Waals surface area contributed by atoms with E-state index in [0.717, 1.165) is 7.11 Å². The number of hydrogen-bond donors (Lipinski definition) is 2. The van der Waals surface area contributed by atoms with E-state index in [9.17, 15) is 34.8 Å². The molecule has 13 heteroatoms. The largest absolute Gasteiger partial charge is 0.453 e. The van der Waals surface area contributed by atoms with Crippen molar-refractivity contribution in [2.24, 2.45) is 0 Å². The number of benzene rings is 2. The number of amides is 1. The quantitative estimate of drug-likeness (QED) is 0.604. The normalized spacial score (nSPS) is 12.4. The molecule has 0 spiro atoms. The van der Waals surface area contributed by atoms with Gasteiger partial charge in [0, 0.05) is 13.1 Å². The van der Waals surface area contributed by atoms with Crippen LogP contribution in [0.25, 0.3) is 0 Å². The fourth-order valence-corrected chi connectivity index (χ4v) is 5.03. The topological polar surface area (TPSA) is 119 Å². The monoisotopic (exact) mass is 466 g/mol. The Kier molecular flexibility index (Phi) is 7.10. The maximum Gasteiger partial charge on any atom is 0.417 e. The minimum atomic E-state index is -5.05. The molecule has 2 N–H and O–H groups in total. The van der Waals surface area contributed by atoms with Crippen LogP contribution in [0.1, 0.15) is 5.56 Å². The minimum absolute atomic E-state index is 0.205. The van der Waals surface area contributed by atoms with Crippen LogP contribution in [0.3, 0.4) is 0 Å². The van der Waals surface area contributed by atoms with E-state index in [2.05, 4.69) is 10.1 Å². The molecule has 2 aromatic carbocycles. The second kappa shape index (κ2) is 9.02. The molecule has 0 aliphatic rings. The molecule has 0 aliphatic heterocycles. The predicted octanol–water partition coefficient (Wildman–Crippen LogP) is 2.17. The number of rotatable bonds is 7. The number of alkyl halides is 3. The van der Waals surface area contributed by atoms with Crippen molar-refractivity contribution in [2.75, 3.05) is 20.2 Å². The van der Waals surface area contributed by atoms with Gasteiger partial charge in [0.05, 0.1) is 27.4 Å². The SMILES string of the molecule is COC(=O)NCCNS(=O)(=O)c1cc(S(=O)(=O)c2ccccc2)ccc1C(F)(F)F. The number of halogens is 3. The number of hydrogen-bond acceptors (Lipinski definition) is 6. The van der Waals surface area contributed by atoms with Crippen LogP contribution in [0, 0.1) is 0 Å². The van der Waals surface area contributed by atoms with Crippen LogP contribution in [-0.2, 0) is 30.8 Å². The van der Waals surface area contributed by atoms with Gasteiger partial charge < -0.3 is 10.1 Å². The van der Waals surface area contributed by atoms with Gasteiger partial charge in [0.2, 0.25) is 19.9 Å². The van der Waals surface area contributed by atoms with Crippen molar-refractivity contribution in [1.82, 2.24) is 10.0 Å². The molecule has 0 unspecified atom stereocenters. The fourth-order valence-electron chi connectivity index (χ4n) is 2.36. The molecule has 1 amide bonds. The summed E-state index contributed by atoms with van der Waals surface area (Å²) in [5, 5.41) is 2.15. The Morgan fingerprint density at radius 3 is 2.17 bits per heavy atom. The van der Waals surface area contributed by atoms with Gasteiger partial charge in [-0.25, -0.2) is 26.4 Å². The van der Waals surface area contributed by atoms with Crippen LogP contribution in [0.2, 0.25) is 0 Å². The third-order valence-electron chi connectivity index (χ3n) is 3.78. The summed E-state index contributed by atoms with van der Waals surface area (Å²) in [6.07, 6.45) is -5.91. The van der Waals surface area contributed by atoms with Gasteiger partial charge in [0.25, 0.3) is 0 Å². The van der Waals surface area contributed by atoms with Crippen molar-refractivity contribution in [3.8, 4) is 0 Å². The van der Waals surface area contributed by atoms with Crippen LogP contribution < -0.4 is 10.0 Å². The molecule has 0 saturated carbocycles. The molecule has 0 aromatic heterocycles. The van der Waals surface area contributed by atoms with Crippen molar-refractivity contribution in [1.29, 1.82) is 0 Å². The number of carbonyl (C=O) groups is 1. The molecule has 0 saturated heterocycles. The number of ether oxygens (including phenoxy) is 1. The zero-order chi connectivity index (χ0) is 22.6. The van der Waals surface area contributed by atoms with Crippen molar-refractivity contribution < 1.29 is 39.5 Å². The Labute approximate surface area is 171 Å². The van der Waals surface area contributed by atoms with E-state index < -0.39 is 54.0 Å². The summed E-state index contributed by atoms with van der Waals surface area (Å²) >= 11 is 0. The van der Waals surface area contributed by atoms with E-state index in [1.165, 1.54) is 24.3 Å². The zero-order valence-electron chi connectivity index (χ0n) is 15.4. The molecule has 8 nitrogen and oxygen atoms in total. The molecular weight excluding hydrogens is 449 g/mol. The highest BCUT2D eigenvalue weighted by molar-refractivity contribution is 7.91. The Hall–Kier alpha value is -2.64. The van der Waals surface area contributed by atoms with Crippen LogP contribution in [0.5, 0.6) is 0 Å². The first-order chi connectivity index (χ1) is 13.9. The van der Waals surface area contributed by atoms with Gasteiger partial charge in [0.15, 0.2) is 0 Å². The molecule has 2 aromatic rings. The van der Waals surface area contributed by atoms with Crippen molar-refractivity contribution in [3.05, 3.63) is 54.1 Å². The Morgan fingerprint density at radius 2 is 1.60 bits per heavy atom. The van der Waals surface area contributed by atoms with Gasteiger partial charge in [-0.2, -0.15) is 13.2 Å². The Balaban J connectivity index is 2.46. The van der Waals surface area contributed by atoms with Crippen molar-refractivity contribution in [2.45, 2.75) is 20.9 Å². The Morgan fingerprint density at radius 1 is 0.967 bits per heavy atom. The fraction of sp³-hybridized carbons (Fsp3) is 0.235. The van der Waals surface area contributed by atoms with E-state index >= 15 is 0 Å². The molecule has 2 rings (SSSR count). The molecular formula is C17H17F3N2O6S2. The lowest BCUT2D eigenvalue weighted by Crippen LogP contribution is -2.35. The van der Waals surface area contributed by atoms with Gasteiger partial charge in [-0.1, -0.05) is 18.2 Å². The highest BCUT2D eigenvalue weighted by Crippen LogP contribution is 2.36. The first-order valence-electron chi connectivity index (χ1n) is 8.22. The van der Waals surface area contributed by atoms with E-state index in [1.807, 2.05) is 4.72 Å². The summed E-state index contributed by atoms with van der Waals surface area (Å²) < 4.78 is 96.6. The average molecular weight is 466 g/mol. The summed E-state index contributed by atoms with van der Waals surface area (Å²) in [4.78, 5) is 8.89. The van der Waals surface area contributed by atoms with Gasteiger partial charge >= 0.3 is 12.3 Å². The maximum atomic E-state index is 13.4. The molecule has 0 heterocycles. The van der Waals surface area contributed by atoms with Gasteiger partial charge in [-0.15, -0.1) is 0 Å². The second-order valence-corrected chi connectivity index (χ2v) is 9.47. The standard InChI is InChI=1S/C17H17F3N2O6S2/c1-28-16(23)21-9-10-22-30(26,27)15-11-13(7-8-14(15)17(18,19)20)29(24,25)12-5-3-2-4-6-12/h2-8,11,22H,9-10H2,1H3,(H,21,23). The molecule has 164 valence electrons. The number of alkyl carbamates (subject to hydrolysis) is 1. The van der Waals surface area contributed by atoms with Gasteiger partial charge in [0.1, 0.15) is 0 Å². The molecule has 0 aliphatic carbocycles. The van der Waals surface area contributed by atoms with Crippen LogP contribution in [-0.4, -0.2) is 43.1 Å². The van der Waals surface area contributed by atoms with Gasteiger partial charge in [-0.3, -0.25) is 0 Å². The van der Waals surface area contributed by atoms with Crippen LogP contribution in [0.4, 0.5) is 18.0 Å². The third-order valence-corrected chi connectivity index (χ3v) is 7.05. The second-order valence-electron chi connectivity index (χ2n) is 5.79. The minimum Gasteiger partial charge on any atom is -0.453 e. The predicted molar refractivity (Wildman–Crippen MR) is 98.9 cm³/mol. The van der Waals surface area contributed by atoms with Crippen LogP contribution >= 0.6 is 0 Å². The lowest BCUT2D eigenvalue weighted by molar-refractivity contribution is -0.139. The van der Waals surface area contributed by atoms with E-state index in [-0.39, 0.29) is 11.4 Å². The highest BCUT2D eigenvalue weighted by Gasteiger charge is 2.38. The van der Waals surface area contributed by atoms with Crippen molar-refractivity contribution >= 4 is 26.0 Å². The maximum absolute atomic E-state index is 13.4. The highest BCUT2D eigenvalue weighted by atomic mass is 32.2. The molecule has 0 radical (unpaired) electrons. The average Bonchev–Trinajstić information content (AvgIpc) is 2.70. The molecule has 30 heavy (non-hydrogen) atoms. The lowest BCUT2D eigenvalue weighted by atomic mass is 10.2. The lowest BCUT2D eigenvalue weighted by Gasteiger charge is -2.16. The number of sulfone groups is 1. The number of nitrogens with one attached hydrogen (secondary N) is 2. The summed E-state index contributed by atoms with van der Waals surface area (Å²) in [6.45, 7) is -0.723. The smallest absolute Gasteiger partial charge is 0.417 e. The number of carbonyl (C=O) groups excluding carboxylic acids is 1.